The van der Waals surface area contributed by atoms with Crippen LogP contribution in [-0.2, 0) is 21.1 Å². The van der Waals surface area contributed by atoms with Crippen molar-refractivity contribution >= 4 is 54.8 Å². The zero-order valence-electron chi connectivity index (χ0n) is 34.1. The number of rotatable bonds is 5. The number of imidazole rings is 2. The molecule has 0 aliphatic rings. The van der Waals surface area contributed by atoms with Gasteiger partial charge in [-0.25, -0.2) is 0 Å². The molecule has 0 aliphatic heterocycles. The molecule has 0 saturated heterocycles. The van der Waals surface area contributed by atoms with E-state index in [4.69, 9.17) is 19.7 Å². The number of aromatic nitrogens is 5. The summed E-state index contributed by atoms with van der Waals surface area (Å²) in [7, 11) is 0. The van der Waals surface area contributed by atoms with Gasteiger partial charge in [0.25, 0.3) is 0 Å². The van der Waals surface area contributed by atoms with Crippen molar-refractivity contribution in [3.05, 3.63) is 173 Å². The molecule has 0 aliphatic carbocycles. The van der Waals surface area contributed by atoms with Crippen molar-refractivity contribution in [3.8, 4) is 45.1 Å². The molecule has 292 valence electrons. The fraction of sp³-hybridized carbons (Fsp3) is 0.113. The third-order valence-electron chi connectivity index (χ3n) is 12.1. The van der Waals surface area contributed by atoms with Crippen LogP contribution in [0.1, 0.15) is 33.4 Å². The van der Waals surface area contributed by atoms with Gasteiger partial charge in [-0.15, -0.1) is 12.1 Å². The topological polar surface area (TPSA) is 56.7 Å². The Balaban J connectivity index is 0.00000433. The van der Waals surface area contributed by atoms with Crippen LogP contribution in [0.2, 0.25) is 0 Å². The van der Waals surface area contributed by atoms with Gasteiger partial charge in [-0.05, 0) is 110 Å². The minimum Gasteiger partial charge on any atom is -0.497 e. The third kappa shape index (κ3) is 5.69. The molecule has 60 heavy (non-hydrogen) atoms. The van der Waals surface area contributed by atoms with Crippen LogP contribution < -0.4 is 4.74 Å². The van der Waals surface area contributed by atoms with E-state index in [1.807, 2.05) is 36.8 Å². The number of pyridine rings is 3. The number of ether oxygens (including phenoxy) is 1. The van der Waals surface area contributed by atoms with Gasteiger partial charge in [-0.2, -0.15) is 0 Å². The third-order valence-corrected chi connectivity index (χ3v) is 12.1. The summed E-state index contributed by atoms with van der Waals surface area (Å²) < 4.78 is 11.2. The Morgan fingerprint density at radius 1 is 0.467 bits per heavy atom. The number of hydrogen-bond acceptors (Lipinski definition) is 4. The Morgan fingerprint density at radius 3 is 1.52 bits per heavy atom. The van der Waals surface area contributed by atoms with Crippen molar-refractivity contribution < 1.29 is 25.8 Å². The Hall–Kier alpha value is -6.62. The van der Waals surface area contributed by atoms with Gasteiger partial charge in [0.15, 0.2) is 0 Å². The molecule has 5 aromatic heterocycles. The number of hydrogen-bond donors (Lipinski definition) is 0. The molecule has 0 radical (unpaired) electrons. The molecule has 5 heterocycles. The molecular weight excluding hydrogens is 918 g/mol. The van der Waals surface area contributed by atoms with Crippen molar-refractivity contribution in [2.75, 3.05) is 0 Å². The van der Waals surface area contributed by atoms with Crippen molar-refractivity contribution in [2.45, 2.75) is 41.5 Å². The van der Waals surface area contributed by atoms with Gasteiger partial charge in [-0.1, -0.05) is 113 Å². The largest absolute Gasteiger partial charge is 2.00 e. The average molecular weight is 957 g/mol. The van der Waals surface area contributed by atoms with Crippen LogP contribution in [0.4, 0.5) is 0 Å². The monoisotopic (exact) mass is 956 g/mol. The van der Waals surface area contributed by atoms with E-state index in [9.17, 15) is 0 Å². The quantitative estimate of drug-likeness (QED) is 0.127. The first-order valence-corrected chi connectivity index (χ1v) is 20.0. The summed E-state index contributed by atoms with van der Waals surface area (Å²) in [6, 6.07) is 45.7. The minimum atomic E-state index is 0. The van der Waals surface area contributed by atoms with Crippen LogP contribution in [0.5, 0.6) is 11.5 Å². The first kappa shape index (κ1) is 37.6. The normalized spacial score (nSPS) is 11.7. The molecule has 0 bridgehead atoms. The molecule has 0 N–H and O–H groups in total. The molecule has 0 saturated carbocycles. The summed E-state index contributed by atoms with van der Waals surface area (Å²) in [6.45, 7) is 13.0. The molecule has 0 atom stereocenters. The molecule has 0 unspecified atom stereocenters. The maximum Gasteiger partial charge on any atom is 2.00 e. The summed E-state index contributed by atoms with van der Waals surface area (Å²) in [6.07, 6.45) is 5.82. The first-order chi connectivity index (χ1) is 28.7. The number of aryl methyl sites for hydroxylation is 6. The van der Waals surface area contributed by atoms with Crippen LogP contribution in [0.15, 0.2) is 128 Å². The van der Waals surface area contributed by atoms with Crippen LogP contribution in [0, 0.1) is 53.7 Å². The van der Waals surface area contributed by atoms with Gasteiger partial charge < -0.3 is 13.5 Å². The van der Waals surface area contributed by atoms with Crippen molar-refractivity contribution in [1.82, 2.24) is 23.8 Å². The van der Waals surface area contributed by atoms with Crippen LogP contribution >= 0.6 is 0 Å². The Kier molecular flexibility index (Phi) is 8.96. The number of nitrogens with zero attached hydrogens (tertiary/aromatic N) is 5. The standard InChI is InChI=1S/C53H39N5O.Pt/c1-30-11-7-12-31(2)48(30)36-18-21-40-39-22-19-37(26-42(39)52-55-29-47(58(52)45(40)25-36)50-34(5)15-9-16-35(50)6)59-38-20-23-41-43(27-38)53-56-28-46(49-32(3)13-8-14-33(49)4)57(53)44-17-10-24-54-51(41)44;/h7-25,28-29H,1-6H3;/q-2;+2. The molecule has 7 heteroatoms. The first-order valence-electron chi connectivity index (χ1n) is 20.0. The Morgan fingerprint density at radius 2 is 0.950 bits per heavy atom. The van der Waals surface area contributed by atoms with E-state index >= 15 is 0 Å². The van der Waals surface area contributed by atoms with Crippen LogP contribution in [0.25, 0.3) is 88.4 Å². The van der Waals surface area contributed by atoms with Gasteiger partial charge in [0.2, 0.25) is 0 Å². The van der Waals surface area contributed by atoms with Gasteiger partial charge >= 0.3 is 21.1 Å². The van der Waals surface area contributed by atoms with Crippen molar-refractivity contribution in [1.29, 1.82) is 0 Å². The molecular formula is C53H39N5OPt. The van der Waals surface area contributed by atoms with Gasteiger partial charge in [0.1, 0.15) is 0 Å². The average Bonchev–Trinajstić information content (AvgIpc) is 3.87. The Bertz CT molecular complexity index is 3500. The summed E-state index contributed by atoms with van der Waals surface area (Å²) >= 11 is 0. The smallest absolute Gasteiger partial charge is 0.497 e. The predicted octanol–water partition coefficient (Wildman–Crippen LogP) is 13.2. The van der Waals surface area contributed by atoms with Gasteiger partial charge in [0.05, 0.1) is 33.7 Å². The summed E-state index contributed by atoms with van der Waals surface area (Å²) in [5.41, 5.74) is 18.8. The van der Waals surface area contributed by atoms with E-state index in [-0.39, 0.29) is 21.1 Å². The second-order valence-electron chi connectivity index (χ2n) is 15.8. The van der Waals surface area contributed by atoms with E-state index in [1.54, 1.807) is 0 Å². The van der Waals surface area contributed by atoms with E-state index in [0.717, 1.165) is 66.2 Å². The zero-order valence-corrected chi connectivity index (χ0v) is 36.4. The van der Waals surface area contributed by atoms with E-state index in [1.165, 1.54) is 55.6 Å². The van der Waals surface area contributed by atoms with E-state index in [0.29, 0.717) is 11.5 Å². The van der Waals surface area contributed by atoms with Crippen molar-refractivity contribution in [3.63, 3.8) is 0 Å². The molecule has 11 rings (SSSR count). The fourth-order valence-electron chi connectivity index (χ4n) is 9.45. The Labute approximate surface area is 362 Å². The predicted molar refractivity (Wildman–Crippen MR) is 241 cm³/mol. The number of fused-ring (bicyclic) bond motifs is 12. The fourth-order valence-corrected chi connectivity index (χ4v) is 9.45. The summed E-state index contributed by atoms with van der Waals surface area (Å²) in [5.74, 6) is 1.14. The van der Waals surface area contributed by atoms with Crippen LogP contribution in [0.3, 0.4) is 0 Å². The molecule has 6 aromatic carbocycles. The maximum absolute atomic E-state index is 6.67. The molecule has 0 spiro atoms. The zero-order chi connectivity index (χ0) is 40.1. The SMILES string of the molecule is Cc1cccc(C)c1-c1ccc2c3ccc(Oc4[c-]c5c(cc4)c4ncccc4n4c(-c6c(C)cccc6C)cnc54)[c-]c3c3ncc(-c4c(C)cccc4C)n3c2c1.[Pt+2]. The minimum absolute atomic E-state index is 0. The summed E-state index contributed by atoms with van der Waals surface area (Å²) in [4.78, 5) is 15.0. The van der Waals surface area contributed by atoms with E-state index < -0.39 is 0 Å². The second-order valence-corrected chi connectivity index (χ2v) is 15.8. The van der Waals surface area contributed by atoms with Gasteiger partial charge in [-0.3, -0.25) is 15.0 Å². The number of benzene rings is 6. The molecule has 0 amide bonds. The van der Waals surface area contributed by atoms with E-state index in [2.05, 4.69) is 153 Å². The molecule has 6 nitrogen and oxygen atoms in total. The van der Waals surface area contributed by atoms with Crippen LogP contribution in [-0.4, -0.2) is 23.8 Å². The van der Waals surface area contributed by atoms with Crippen molar-refractivity contribution in [2.24, 2.45) is 0 Å². The molecule has 0 fully saturated rings. The maximum atomic E-state index is 6.67. The second kappa shape index (κ2) is 14.3. The summed E-state index contributed by atoms with van der Waals surface area (Å²) in [5, 5.41) is 4.87. The molecule has 11 aromatic rings. The van der Waals surface area contributed by atoms with Gasteiger partial charge in [0, 0.05) is 46.7 Å².